The topological polar surface area (TPSA) is 22.0 Å². The molecule has 62 valence electrons. The minimum Gasteiger partial charge on any atom is -0.277 e. The van der Waals surface area contributed by atoms with Gasteiger partial charge < -0.3 is 0 Å². The number of benzene rings is 1. The second-order valence-electron chi connectivity index (χ2n) is 3.14. The van der Waals surface area contributed by atoms with Gasteiger partial charge in [0, 0.05) is 11.5 Å². The molecular weight excluding hydrogens is 162 g/mol. The molecule has 0 atom stereocenters. The van der Waals surface area contributed by atoms with E-state index < -0.39 is 0 Å². The Hall–Kier alpha value is -1.83. The van der Waals surface area contributed by atoms with Gasteiger partial charge >= 0.3 is 0 Å². The van der Waals surface area contributed by atoms with Crippen molar-refractivity contribution in [2.24, 2.45) is 0 Å². The average Bonchev–Trinajstić information content (AvgIpc) is 2.66. The maximum atomic E-state index is 11.4. The number of hydrogen-bond donors (Lipinski definition) is 0. The van der Waals surface area contributed by atoms with Gasteiger partial charge in [-0.15, -0.1) is 0 Å². The summed E-state index contributed by atoms with van der Waals surface area (Å²) in [6.45, 7) is 0. The Morgan fingerprint density at radius 2 is 1.92 bits per heavy atom. The molecule has 1 aliphatic heterocycles. The van der Waals surface area contributed by atoms with Crippen LogP contribution >= 0.6 is 0 Å². The fourth-order valence-electron chi connectivity index (χ4n) is 1.78. The van der Waals surface area contributed by atoms with Crippen molar-refractivity contribution >= 4 is 22.9 Å². The largest absolute Gasteiger partial charge is 0.277 e. The molecular formula is C11H7NO. The van der Waals surface area contributed by atoms with Crippen molar-refractivity contribution in [3.63, 3.8) is 0 Å². The number of nitrogens with zero attached hydrogens (tertiary/aromatic N) is 1. The molecule has 0 fully saturated rings. The lowest BCUT2D eigenvalue weighted by atomic mass is 10.2. The summed E-state index contributed by atoms with van der Waals surface area (Å²) in [6, 6.07) is 9.93. The summed E-state index contributed by atoms with van der Waals surface area (Å²) in [7, 11) is 0. The Balaban J connectivity index is 2.51. The van der Waals surface area contributed by atoms with Gasteiger partial charge in [0.15, 0.2) is 0 Å². The van der Waals surface area contributed by atoms with Crippen molar-refractivity contribution in [2.45, 2.75) is 0 Å². The van der Waals surface area contributed by atoms with Crippen LogP contribution in [0.2, 0.25) is 0 Å². The molecule has 1 aromatic carbocycles. The number of carbonyl (C=O) groups is 1. The van der Waals surface area contributed by atoms with Gasteiger partial charge in [-0.25, -0.2) is 0 Å². The van der Waals surface area contributed by atoms with Gasteiger partial charge in [-0.2, -0.15) is 0 Å². The molecule has 1 aromatic heterocycles. The predicted octanol–water partition coefficient (Wildman–Crippen LogP) is 2.31. The van der Waals surface area contributed by atoms with Gasteiger partial charge in [0.1, 0.15) is 0 Å². The first-order chi connectivity index (χ1) is 6.36. The molecule has 2 heteroatoms. The van der Waals surface area contributed by atoms with Gasteiger partial charge in [-0.3, -0.25) is 9.36 Å². The highest BCUT2D eigenvalue weighted by molar-refractivity contribution is 6.06. The summed E-state index contributed by atoms with van der Waals surface area (Å²) in [5.41, 5.74) is 1.97. The zero-order chi connectivity index (χ0) is 8.84. The first kappa shape index (κ1) is 6.66. The maximum Gasteiger partial charge on any atom is 0.255 e. The highest BCUT2D eigenvalue weighted by Gasteiger charge is 2.15. The lowest BCUT2D eigenvalue weighted by Crippen LogP contribution is -2.02. The van der Waals surface area contributed by atoms with Gasteiger partial charge in [0.25, 0.3) is 5.91 Å². The highest BCUT2D eigenvalue weighted by Crippen LogP contribution is 2.23. The van der Waals surface area contributed by atoms with Crippen LogP contribution in [0.3, 0.4) is 0 Å². The van der Waals surface area contributed by atoms with E-state index in [1.54, 1.807) is 10.6 Å². The molecule has 3 rings (SSSR count). The van der Waals surface area contributed by atoms with Crippen LogP contribution in [0.5, 0.6) is 0 Å². The monoisotopic (exact) mass is 169 g/mol. The molecule has 0 aliphatic carbocycles. The molecule has 0 N–H and O–H groups in total. The molecule has 2 heterocycles. The van der Waals surface area contributed by atoms with E-state index in [1.807, 2.05) is 36.4 Å². The quantitative estimate of drug-likeness (QED) is 0.593. The molecule has 0 unspecified atom stereocenters. The number of allylic oxidation sites excluding steroid dienone is 1. The minimum absolute atomic E-state index is 0.0520. The van der Waals surface area contributed by atoms with Gasteiger partial charge in [0.05, 0.1) is 11.2 Å². The molecule has 0 spiro atoms. The third kappa shape index (κ3) is 0.746. The fraction of sp³-hybridized carbons (Fsp3) is 0. The van der Waals surface area contributed by atoms with E-state index in [2.05, 4.69) is 0 Å². The van der Waals surface area contributed by atoms with Crippen LogP contribution in [-0.4, -0.2) is 10.5 Å². The summed E-state index contributed by atoms with van der Waals surface area (Å²) in [6.07, 6.45) is 3.45. The van der Waals surface area contributed by atoms with Crippen LogP contribution in [0.4, 0.5) is 0 Å². The molecule has 1 aliphatic rings. The van der Waals surface area contributed by atoms with Gasteiger partial charge in [-0.1, -0.05) is 18.2 Å². The minimum atomic E-state index is 0.0520. The molecule has 13 heavy (non-hydrogen) atoms. The second kappa shape index (κ2) is 2.10. The third-order valence-corrected chi connectivity index (χ3v) is 2.36. The van der Waals surface area contributed by atoms with Crippen molar-refractivity contribution in [1.29, 1.82) is 0 Å². The SMILES string of the molecule is O=C1C=Cc2cc3ccccc3n21. The lowest BCUT2D eigenvalue weighted by Gasteiger charge is -1.96. The van der Waals surface area contributed by atoms with Crippen LogP contribution in [0.1, 0.15) is 10.5 Å². The Morgan fingerprint density at radius 3 is 2.85 bits per heavy atom. The number of carbonyl (C=O) groups excluding carboxylic acids is 1. The van der Waals surface area contributed by atoms with Crippen LogP contribution < -0.4 is 0 Å². The van der Waals surface area contributed by atoms with Crippen molar-refractivity contribution in [1.82, 2.24) is 4.57 Å². The average molecular weight is 169 g/mol. The number of aromatic nitrogens is 1. The van der Waals surface area contributed by atoms with Gasteiger partial charge in [0.2, 0.25) is 0 Å². The van der Waals surface area contributed by atoms with E-state index in [1.165, 1.54) is 0 Å². The second-order valence-corrected chi connectivity index (χ2v) is 3.14. The normalized spacial score (nSPS) is 14.0. The van der Waals surface area contributed by atoms with Crippen molar-refractivity contribution in [3.05, 3.63) is 42.1 Å². The van der Waals surface area contributed by atoms with Crippen molar-refractivity contribution in [2.75, 3.05) is 0 Å². The Kier molecular flexibility index (Phi) is 1.08. The Labute approximate surface area is 75.1 Å². The summed E-state index contributed by atoms with van der Waals surface area (Å²) >= 11 is 0. The van der Waals surface area contributed by atoms with E-state index in [-0.39, 0.29) is 5.91 Å². The Morgan fingerprint density at radius 1 is 1.08 bits per heavy atom. The first-order valence-electron chi connectivity index (χ1n) is 4.19. The number of fused-ring (bicyclic) bond motifs is 3. The Bertz CT molecular complexity index is 534. The van der Waals surface area contributed by atoms with Crippen LogP contribution in [0, 0.1) is 0 Å². The third-order valence-electron chi connectivity index (χ3n) is 2.36. The molecule has 2 aromatic rings. The predicted molar refractivity (Wildman–Crippen MR) is 51.6 cm³/mol. The zero-order valence-corrected chi connectivity index (χ0v) is 6.90. The van der Waals surface area contributed by atoms with Crippen molar-refractivity contribution < 1.29 is 4.79 Å². The summed E-state index contributed by atoms with van der Waals surface area (Å²) in [5, 5.41) is 1.12. The fourth-order valence-corrected chi connectivity index (χ4v) is 1.78. The smallest absolute Gasteiger partial charge is 0.255 e. The summed E-state index contributed by atoms with van der Waals surface area (Å²) in [4.78, 5) is 11.4. The highest BCUT2D eigenvalue weighted by atomic mass is 16.2. The van der Waals surface area contributed by atoms with Crippen LogP contribution in [0.15, 0.2) is 36.4 Å². The number of rotatable bonds is 0. The van der Waals surface area contributed by atoms with Crippen molar-refractivity contribution in [3.8, 4) is 0 Å². The molecule has 0 saturated heterocycles. The van der Waals surface area contributed by atoms with Crippen LogP contribution in [-0.2, 0) is 0 Å². The van der Waals surface area contributed by atoms with Gasteiger partial charge in [-0.05, 0) is 18.2 Å². The number of para-hydroxylation sites is 1. The van der Waals surface area contributed by atoms with E-state index in [4.69, 9.17) is 0 Å². The molecule has 0 amide bonds. The molecule has 2 nitrogen and oxygen atoms in total. The molecule has 0 bridgehead atoms. The maximum absolute atomic E-state index is 11.4. The number of hydrogen-bond acceptors (Lipinski definition) is 1. The zero-order valence-electron chi connectivity index (χ0n) is 6.90. The van der Waals surface area contributed by atoms with E-state index >= 15 is 0 Å². The van der Waals surface area contributed by atoms with E-state index in [9.17, 15) is 4.79 Å². The molecule has 0 saturated carbocycles. The standard InChI is InChI=1S/C11H7NO/c13-11-6-5-9-7-8-3-1-2-4-10(8)12(9)11/h1-7H. The van der Waals surface area contributed by atoms with E-state index in [0.29, 0.717) is 0 Å². The summed E-state index contributed by atoms with van der Waals surface area (Å²) < 4.78 is 1.73. The molecule has 0 radical (unpaired) electrons. The van der Waals surface area contributed by atoms with E-state index in [0.717, 1.165) is 16.6 Å². The first-order valence-corrected chi connectivity index (χ1v) is 4.19. The van der Waals surface area contributed by atoms with Crippen LogP contribution in [0.25, 0.3) is 17.0 Å². The summed E-state index contributed by atoms with van der Waals surface area (Å²) in [5.74, 6) is 0.0520. The lowest BCUT2D eigenvalue weighted by molar-refractivity contribution is 0.0979.